The molecule has 2 aliphatic rings. The van der Waals surface area contributed by atoms with Gasteiger partial charge in [-0.05, 0) is 30.7 Å². The van der Waals surface area contributed by atoms with E-state index in [0.29, 0.717) is 47.4 Å². The van der Waals surface area contributed by atoms with Gasteiger partial charge in [-0.25, -0.2) is 4.79 Å². The van der Waals surface area contributed by atoms with Crippen LogP contribution in [0.5, 0.6) is 11.5 Å². The van der Waals surface area contributed by atoms with Crippen molar-refractivity contribution in [2.75, 3.05) is 23.8 Å². The number of anilines is 2. The first-order valence-electron chi connectivity index (χ1n) is 10.2. The van der Waals surface area contributed by atoms with Gasteiger partial charge in [-0.1, -0.05) is 6.07 Å². The number of nitrogens with one attached hydrogen (secondary N) is 2. The van der Waals surface area contributed by atoms with Crippen LogP contribution in [0.2, 0.25) is 0 Å². The van der Waals surface area contributed by atoms with Gasteiger partial charge in [0.2, 0.25) is 5.91 Å². The minimum absolute atomic E-state index is 0.0685. The summed E-state index contributed by atoms with van der Waals surface area (Å²) in [5.74, 6) is -2.11. The van der Waals surface area contributed by atoms with Crippen molar-refractivity contribution in [2.24, 2.45) is 11.7 Å². The predicted molar refractivity (Wildman–Crippen MR) is 117 cm³/mol. The Balaban J connectivity index is 0.000000406. The van der Waals surface area contributed by atoms with Crippen LogP contribution in [-0.2, 0) is 9.59 Å². The minimum Gasteiger partial charge on any atom is -0.486 e. The molecule has 0 saturated heterocycles. The predicted octanol–water partition coefficient (Wildman–Crippen LogP) is 3.47. The molecule has 1 aromatic carbocycles. The van der Waals surface area contributed by atoms with Crippen molar-refractivity contribution in [3.05, 3.63) is 34.5 Å². The Morgan fingerprint density at radius 3 is 2.12 bits per heavy atom. The highest BCUT2D eigenvalue weighted by atomic mass is 32.1. The quantitative estimate of drug-likeness (QED) is 0.503. The number of alkyl halides is 3. The molecule has 2 atom stereocenters. The first-order chi connectivity index (χ1) is 16.0. The molecule has 0 spiro atoms. The number of hydrogen-bond donors (Lipinski definition) is 4. The van der Waals surface area contributed by atoms with Gasteiger partial charge in [0.05, 0.1) is 16.3 Å². The molecular formula is C21H22F3N3O6S. The fourth-order valence-electron chi connectivity index (χ4n) is 3.38. The molecule has 2 amide bonds. The summed E-state index contributed by atoms with van der Waals surface area (Å²) >= 11 is 1.35. The van der Waals surface area contributed by atoms with Crippen LogP contribution < -0.4 is 25.8 Å². The summed E-state index contributed by atoms with van der Waals surface area (Å²) < 4.78 is 43.0. The van der Waals surface area contributed by atoms with Gasteiger partial charge in [0.15, 0.2) is 11.5 Å². The number of carbonyl (C=O) groups excluding carboxylic acids is 2. The fourth-order valence-corrected chi connectivity index (χ4v) is 4.00. The average molecular weight is 501 g/mol. The molecule has 1 fully saturated rings. The van der Waals surface area contributed by atoms with Crippen molar-refractivity contribution < 1.29 is 42.1 Å². The van der Waals surface area contributed by atoms with E-state index in [1.165, 1.54) is 11.3 Å². The van der Waals surface area contributed by atoms with Crippen molar-refractivity contribution in [3.8, 4) is 11.5 Å². The third-order valence-electron chi connectivity index (χ3n) is 5.02. The van der Waals surface area contributed by atoms with Crippen molar-refractivity contribution in [1.82, 2.24) is 0 Å². The van der Waals surface area contributed by atoms with Crippen LogP contribution in [0, 0.1) is 5.92 Å². The van der Waals surface area contributed by atoms with Crippen LogP contribution in [0.15, 0.2) is 29.6 Å². The number of aliphatic carboxylic acids is 1. The molecule has 0 unspecified atom stereocenters. The zero-order chi connectivity index (χ0) is 24.9. The normalized spacial score (nSPS) is 18.9. The number of nitrogens with two attached hydrogens (primary N) is 1. The second-order valence-corrected chi connectivity index (χ2v) is 8.48. The Hall–Kier alpha value is -3.32. The number of fused-ring (bicyclic) bond motifs is 1. The molecule has 184 valence electrons. The summed E-state index contributed by atoms with van der Waals surface area (Å²) in [4.78, 5) is 34.6. The maximum absolute atomic E-state index is 12.6. The van der Waals surface area contributed by atoms with Gasteiger partial charge >= 0.3 is 12.1 Å². The monoisotopic (exact) mass is 501 g/mol. The van der Waals surface area contributed by atoms with Gasteiger partial charge in [-0.3, -0.25) is 9.59 Å². The van der Waals surface area contributed by atoms with Crippen LogP contribution in [0.3, 0.4) is 0 Å². The number of benzene rings is 1. The van der Waals surface area contributed by atoms with Crippen molar-refractivity contribution in [2.45, 2.75) is 31.5 Å². The summed E-state index contributed by atoms with van der Waals surface area (Å²) in [6.45, 7) is 0.885. The summed E-state index contributed by atoms with van der Waals surface area (Å²) in [5.41, 5.74) is 6.90. The molecule has 0 bridgehead atoms. The van der Waals surface area contributed by atoms with E-state index in [1.54, 1.807) is 18.2 Å². The standard InChI is InChI=1S/C19H21N3O4S.C2HF3O2/c20-12-4-3-11(8-12)18(23)21-13-9-15-16(26-6-5-25-15)10-14(13)22-19(24)17-2-1-7-27-17;3-2(4,5)1(6)7/h1-2,7,9-12H,3-6,8,20H2,(H,21,23)(H,22,24);(H,6,7)/t11-,12+;/m0./s1. The van der Waals surface area contributed by atoms with Crippen LogP contribution in [-0.4, -0.2) is 48.3 Å². The van der Waals surface area contributed by atoms with Crippen molar-refractivity contribution in [3.63, 3.8) is 0 Å². The van der Waals surface area contributed by atoms with Crippen LogP contribution in [0.1, 0.15) is 28.9 Å². The van der Waals surface area contributed by atoms with Gasteiger partial charge in [0.1, 0.15) is 13.2 Å². The largest absolute Gasteiger partial charge is 0.490 e. The Bertz CT molecular complexity index is 1050. The lowest BCUT2D eigenvalue weighted by atomic mass is 10.1. The molecule has 13 heteroatoms. The second-order valence-electron chi connectivity index (χ2n) is 7.54. The lowest BCUT2D eigenvalue weighted by molar-refractivity contribution is -0.192. The van der Waals surface area contributed by atoms with Crippen LogP contribution in [0.4, 0.5) is 24.5 Å². The molecule has 4 rings (SSSR count). The van der Waals surface area contributed by atoms with Gasteiger partial charge in [-0.2, -0.15) is 13.2 Å². The maximum atomic E-state index is 12.6. The van der Waals surface area contributed by atoms with Gasteiger partial charge in [0, 0.05) is 24.1 Å². The highest BCUT2D eigenvalue weighted by Gasteiger charge is 2.38. The number of carbonyl (C=O) groups is 3. The van der Waals surface area contributed by atoms with Gasteiger partial charge < -0.3 is 30.9 Å². The minimum atomic E-state index is -5.08. The Morgan fingerprint density at radius 1 is 1.06 bits per heavy atom. The van der Waals surface area contributed by atoms with E-state index in [4.69, 9.17) is 25.1 Å². The Labute approximate surface area is 196 Å². The van der Waals surface area contributed by atoms with Crippen molar-refractivity contribution in [1.29, 1.82) is 0 Å². The van der Waals surface area contributed by atoms with E-state index in [1.807, 2.05) is 11.4 Å². The highest BCUT2D eigenvalue weighted by Crippen LogP contribution is 2.39. The fraction of sp³-hybridized carbons (Fsp3) is 0.381. The zero-order valence-corrected chi connectivity index (χ0v) is 18.5. The van der Waals surface area contributed by atoms with Crippen LogP contribution >= 0.6 is 11.3 Å². The van der Waals surface area contributed by atoms with E-state index in [9.17, 15) is 22.8 Å². The number of rotatable bonds is 4. The summed E-state index contributed by atoms with van der Waals surface area (Å²) in [6, 6.07) is 7.02. The molecule has 1 aliphatic heterocycles. The van der Waals surface area contributed by atoms with E-state index in [0.717, 1.165) is 12.8 Å². The third kappa shape index (κ3) is 6.60. The molecule has 9 nitrogen and oxygen atoms in total. The number of amides is 2. The van der Waals surface area contributed by atoms with Gasteiger partial charge in [0.25, 0.3) is 5.91 Å². The average Bonchev–Trinajstić information content (AvgIpc) is 3.46. The van der Waals surface area contributed by atoms with E-state index >= 15 is 0 Å². The molecule has 34 heavy (non-hydrogen) atoms. The lowest BCUT2D eigenvalue weighted by Gasteiger charge is -2.22. The van der Waals surface area contributed by atoms with E-state index in [2.05, 4.69) is 10.6 Å². The molecule has 1 aromatic heterocycles. The molecule has 1 saturated carbocycles. The summed E-state index contributed by atoms with van der Waals surface area (Å²) in [6.07, 6.45) is -2.79. The Kier molecular flexibility index (Phi) is 7.99. The molecular weight excluding hydrogens is 479 g/mol. The zero-order valence-electron chi connectivity index (χ0n) is 17.7. The number of thiophene rings is 1. The van der Waals surface area contributed by atoms with E-state index in [-0.39, 0.29) is 23.8 Å². The molecule has 0 radical (unpaired) electrons. The number of carboxylic acid groups (broad SMARTS) is 1. The van der Waals surface area contributed by atoms with Crippen LogP contribution in [0.25, 0.3) is 0 Å². The lowest BCUT2D eigenvalue weighted by Crippen LogP contribution is -2.24. The topological polar surface area (TPSA) is 140 Å². The molecule has 2 aromatic rings. The SMILES string of the molecule is N[C@@H]1CC[C@H](C(=O)Nc2cc3c(cc2NC(=O)c2cccs2)OCCO3)C1.O=C(O)C(F)(F)F. The molecule has 1 aliphatic carbocycles. The first kappa shape index (κ1) is 25.3. The summed E-state index contributed by atoms with van der Waals surface area (Å²) in [7, 11) is 0. The Morgan fingerprint density at radius 2 is 1.65 bits per heavy atom. The number of carboxylic acids is 1. The van der Waals surface area contributed by atoms with Gasteiger partial charge in [-0.15, -0.1) is 11.3 Å². The summed E-state index contributed by atoms with van der Waals surface area (Å²) in [5, 5.41) is 14.8. The number of ether oxygens (including phenoxy) is 2. The molecule has 5 N–H and O–H groups in total. The second kappa shape index (κ2) is 10.7. The first-order valence-corrected chi connectivity index (χ1v) is 11.1. The van der Waals surface area contributed by atoms with Crippen molar-refractivity contribution >= 4 is 40.5 Å². The third-order valence-corrected chi connectivity index (χ3v) is 5.89. The maximum Gasteiger partial charge on any atom is 0.490 e. The number of halogens is 3. The number of hydrogen-bond acceptors (Lipinski definition) is 7. The molecule has 2 heterocycles. The van der Waals surface area contributed by atoms with E-state index < -0.39 is 12.1 Å². The smallest absolute Gasteiger partial charge is 0.486 e. The highest BCUT2D eigenvalue weighted by molar-refractivity contribution is 7.12.